The standard InChI is InChI=1S/C70H112O6/c1-4-7-10-13-16-19-21-23-25-27-29-31-33-34-35-36-38-39-41-43-45-47-49-51-54-57-60-63-69(72)75-66-67(65-74-68(71)62-59-56-53-18-15-12-9-6-3)76-70(73)64-61-58-55-52-50-48-46-44-42-40-37-32-30-28-26-24-22-20-17-14-11-8-5-2/h7-8,10-11,16-17,19-20,23-26,29-32,34-35,38-40,42-43,45,67H,4-6,9,12-15,18,21-22,27-28,33,36-37,41,44,46-66H2,1-3H3/b10-7-,11-8-,19-16-,20-17-,25-23-,26-24-,31-29-,32-30-,35-34-,39-38-,42-40-,45-43-. The van der Waals surface area contributed by atoms with Crippen LogP contribution in [0.4, 0.5) is 0 Å². The summed E-state index contributed by atoms with van der Waals surface area (Å²) in [5.74, 6) is -0.932. The van der Waals surface area contributed by atoms with Crippen molar-refractivity contribution in [3.05, 3.63) is 146 Å². The van der Waals surface area contributed by atoms with Gasteiger partial charge in [0.25, 0.3) is 0 Å². The fourth-order valence-electron chi connectivity index (χ4n) is 8.04. The van der Waals surface area contributed by atoms with E-state index in [-0.39, 0.29) is 31.1 Å². The van der Waals surface area contributed by atoms with Crippen molar-refractivity contribution in [1.82, 2.24) is 0 Å². The Labute approximate surface area is 467 Å². The van der Waals surface area contributed by atoms with E-state index >= 15 is 0 Å². The van der Waals surface area contributed by atoms with E-state index in [0.29, 0.717) is 19.3 Å². The molecule has 0 aliphatic rings. The molecule has 0 rings (SSSR count). The van der Waals surface area contributed by atoms with Crippen LogP contribution in [-0.2, 0) is 28.6 Å². The molecule has 0 aromatic rings. The number of esters is 3. The third-order valence-electron chi connectivity index (χ3n) is 12.6. The van der Waals surface area contributed by atoms with Crippen molar-refractivity contribution in [2.75, 3.05) is 13.2 Å². The summed E-state index contributed by atoms with van der Waals surface area (Å²) in [5, 5.41) is 0. The number of carbonyl (C=O) groups is 3. The van der Waals surface area contributed by atoms with Crippen molar-refractivity contribution in [3.63, 3.8) is 0 Å². The largest absolute Gasteiger partial charge is 0.462 e. The van der Waals surface area contributed by atoms with Crippen LogP contribution in [0.2, 0.25) is 0 Å². The van der Waals surface area contributed by atoms with Crippen molar-refractivity contribution in [2.24, 2.45) is 0 Å². The van der Waals surface area contributed by atoms with E-state index in [0.717, 1.165) is 167 Å². The molecule has 0 heterocycles. The van der Waals surface area contributed by atoms with E-state index < -0.39 is 6.10 Å². The van der Waals surface area contributed by atoms with Gasteiger partial charge in [-0.15, -0.1) is 0 Å². The summed E-state index contributed by atoms with van der Waals surface area (Å²) in [6.07, 6.45) is 90.0. The molecule has 0 aromatic heterocycles. The van der Waals surface area contributed by atoms with Crippen molar-refractivity contribution in [2.45, 2.75) is 264 Å². The fraction of sp³-hybridized carbons (Fsp3) is 0.614. The van der Waals surface area contributed by atoms with Gasteiger partial charge in [-0.25, -0.2) is 0 Å². The van der Waals surface area contributed by atoms with Gasteiger partial charge < -0.3 is 14.2 Å². The van der Waals surface area contributed by atoms with Crippen molar-refractivity contribution in [1.29, 1.82) is 0 Å². The minimum Gasteiger partial charge on any atom is -0.462 e. The predicted molar refractivity (Wildman–Crippen MR) is 329 cm³/mol. The van der Waals surface area contributed by atoms with Crippen LogP contribution in [-0.4, -0.2) is 37.2 Å². The Bertz CT molecular complexity index is 1680. The highest BCUT2D eigenvalue weighted by molar-refractivity contribution is 5.71. The summed E-state index contributed by atoms with van der Waals surface area (Å²) in [6.45, 7) is 6.35. The Morgan fingerprint density at radius 1 is 0.276 bits per heavy atom. The van der Waals surface area contributed by atoms with Gasteiger partial charge in [0.05, 0.1) is 0 Å². The number of carbonyl (C=O) groups excluding carboxylic acids is 3. The molecule has 0 saturated heterocycles. The maximum absolute atomic E-state index is 12.9. The second-order valence-electron chi connectivity index (χ2n) is 19.9. The maximum atomic E-state index is 12.9. The van der Waals surface area contributed by atoms with Crippen molar-refractivity contribution in [3.8, 4) is 0 Å². The van der Waals surface area contributed by atoms with E-state index in [2.05, 4.69) is 167 Å². The summed E-state index contributed by atoms with van der Waals surface area (Å²) in [4.78, 5) is 38.1. The Kier molecular flexibility index (Phi) is 58.9. The van der Waals surface area contributed by atoms with E-state index in [1.165, 1.54) is 51.4 Å². The first kappa shape index (κ1) is 71.3. The SMILES string of the molecule is CC/C=C\C/C=C\C/C=C\C/C=C\C/C=C\C/C=C\C/C=C\CCCCCCCC(=O)OCC(COC(=O)CCCCCCCCCC)OC(=O)CCCCCCCCC/C=C\C/C=C\C/C=C\C/C=C\C/C=C\CC. The molecule has 0 spiro atoms. The third-order valence-corrected chi connectivity index (χ3v) is 12.6. The summed E-state index contributed by atoms with van der Waals surface area (Å²) in [5.41, 5.74) is 0. The molecule has 0 aliphatic heterocycles. The molecule has 6 nitrogen and oxygen atoms in total. The zero-order valence-electron chi connectivity index (χ0n) is 49.0. The highest BCUT2D eigenvalue weighted by atomic mass is 16.6. The van der Waals surface area contributed by atoms with E-state index in [4.69, 9.17) is 14.2 Å². The number of hydrogen-bond donors (Lipinski definition) is 0. The zero-order chi connectivity index (χ0) is 55.0. The maximum Gasteiger partial charge on any atom is 0.306 e. The highest BCUT2D eigenvalue weighted by Gasteiger charge is 2.19. The van der Waals surface area contributed by atoms with Crippen LogP contribution in [0.3, 0.4) is 0 Å². The molecule has 0 N–H and O–H groups in total. The van der Waals surface area contributed by atoms with Crippen molar-refractivity contribution < 1.29 is 28.6 Å². The molecule has 0 radical (unpaired) electrons. The van der Waals surface area contributed by atoms with Gasteiger partial charge in [-0.3, -0.25) is 14.4 Å². The first-order valence-electron chi connectivity index (χ1n) is 30.8. The Morgan fingerprint density at radius 3 is 0.803 bits per heavy atom. The summed E-state index contributed by atoms with van der Waals surface area (Å²) in [6, 6.07) is 0. The fourth-order valence-corrected chi connectivity index (χ4v) is 8.04. The van der Waals surface area contributed by atoms with E-state index in [1.807, 2.05) is 0 Å². The molecule has 6 heteroatoms. The third kappa shape index (κ3) is 60.2. The predicted octanol–water partition coefficient (Wildman–Crippen LogP) is 21.2. The molecule has 76 heavy (non-hydrogen) atoms. The molecule has 428 valence electrons. The molecule has 0 fully saturated rings. The van der Waals surface area contributed by atoms with Crippen LogP contribution in [0, 0.1) is 0 Å². The molecular formula is C70H112O6. The summed E-state index contributed by atoms with van der Waals surface area (Å²) in [7, 11) is 0. The molecule has 0 aliphatic carbocycles. The lowest BCUT2D eigenvalue weighted by atomic mass is 10.1. The zero-order valence-corrected chi connectivity index (χ0v) is 49.0. The first-order chi connectivity index (χ1) is 37.5. The second-order valence-corrected chi connectivity index (χ2v) is 19.9. The van der Waals surface area contributed by atoms with Crippen LogP contribution in [0.25, 0.3) is 0 Å². The first-order valence-corrected chi connectivity index (χ1v) is 30.8. The number of allylic oxidation sites excluding steroid dienone is 24. The molecule has 0 amide bonds. The average Bonchev–Trinajstić information content (AvgIpc) is 3.42. The van der Waals surface area contributed by atoms with Crippen LogP contribution in [0.5, 0.6) is 0 Å². The van der Waals surface area contributed by atoms with Gasteiger partial charge in [0.15, 0.2) is 6.10 Å². The van der Waals surface area contributed by atoms with E-state index in [1.54, 1.807) is 0 Å². The van der Waals surface area contributed by atoms with Crippen LogP contribution in [0.15, 0.2) is 146 Å². The lowest BCUT2D eigenvalue weighted by molar-refractivity contribution is -0.167. The summed E-state index contributed by atoms with van der Waals surface area (Å²) >= 11 is 0. The number of ether oxygens (including phenoxy) is 3. The van der Waals surface area contributed by atoms with Crippen molar-refractivity contribution >= 4 is 17.9 Å². The van der Waals surface area contributed by atoms with Gasteiger partial charge in [0, 0.05) is 19.3 Å². The smallest absolute Gasteiger partial charge is 0.306 e. The number of unbranched alkanes of at least 4 members (excludes halogenated alkanes) is 19. The molecule has 0 bridgehead atoms. The lowest BCUT2D eigenvalue weighted by Gasteiger charge is -2.18. The van der Waals surface area contributed by atoms with Crippen LogP contribution >= 0.6 is 0 Å². The molecule has 0 aromatic carbocycles. The highest BCUT2D eigenvalue weighted by Crippen LogP contribution is 2.14. The quantitative estimate of drug-likeness (QED) is 0.0261. The molecular weight excluding hydrogens is 937 g/mol. The van der Waals surface area contributed by atoms with Gasteiger partial charge in [0.2, 0.25) is 0 Å². The average molecular weight is 1050 g/mol. The topological polar surface area (TPSA) is 78.9 Å². The van der Waals surface area contributed by atoms with E-state index in [9.17, 15) is 14.4 Å². The van der Waals surface area contributed by atoms with Crippen LogP contribution < -0.4 is 0 Å². The van der Waals surface area contributed by atoms with Crippen LogP contribution in [0.1, 0.15) is 258 Å². The van der Waals surface area contributed by atoms with Gasteiger partial charge in [-0.05, 0) is 122 Å². The van der Waals surface area contributed by atoms with Gasteiger partial charge in [0.1, 0.15) is 13.2 Å². The minimum absolute atomic E-state index is 0.0929. The minimum atomic E-state index is -0.797. The molecule has 0 saturated carbocycles. The Balaban J connectivity index is 4.31. The normalized spacial score (nSPS) is 13.1. The monoisotopic (exact) mass is 1050 g/mol. The lowest BCUT2D eigenvalue weighted by Crippen LogP contribution is -2.30. The molecule has 1 unspecified atom stereocenters. The number of rotatable bonds is 54. The van der Waals surface area contributed by atoms with Gasteiger partial charge in [-0.2, -0.15) is 0 Å². The number of hydrogen-bond acceptors (Lipinski definition) is 6. The van der Waals surface area contributed by atoms with Gasteiger partial charge >= 0.3 is 17.9 Å². The summed E-state index contributed by atoms with van der Waals surface area (Å²) < 4.78 is 16.8. The Hall–Kier alpha value is -4.71. The Morgan fingerprint density at radius 2 is 0.513 bits per heavy atom. The van der Waals surface area contributed by atoms with Gasteiger partial charge in [-0.1, -0.05) is 263 Å². The second kappa shape index (κ2) is 62.8. The molecule has 1 atom stereocenters.